The lowest BCUT2D eigenvalue weighted by atomic mass is 10.1. The van der Waals surface area contributed by atoms with Crippen molar-refractivity contribution >= 4 is 0 Å². The van der Waals surface area contributed by atoms with Crippen molar-refractivity contribution in [2.45, 2.75) is 71.7 Å². The lowest BCUT2D eigenvalue weighted by Gasteiger charge is -2.26. The van der Waals surface area contributed by atoms with E-state index in [1.807, 2.05) is 13.8 Å². The van der Waals surface area contributed by atoms with Crippen LogP contribution in [0.15, 0.2) is 0 Å². The molecule has 116 valence electrons. The van der Waals surface area contributed by atoms with E-state index >= 15 is 0 Å². The first-order chi connectivity index (χ1) is 8.91. The Labute approximate surface area is 118 Å². The Kier molecular flexibility index (Phi) is 10.5. The highest BCUT2D eigenvalue weighted by atomic mass is 16.5. The third-order valence-electron chi connectivity index (χ3n) is 2.99. The standard InChI is InChI=1S/C15H32O4/c1-6-14(7-9-16)18-10-8-15(4,5)19-12-11-17-13(2)3/h13-14,16H,6-12H2,1-5H3. The van der Waals surface area contributed by atoms with E-state index in [0.717, 1.165) is 12.8 Å². The minimum Gasteiger partial charge on any atom is -0.396 e. The smallest absolute Gasteiger partial charge is 0.0707 e. The second kappa shape index (κ2) is 10.6. The molecule has 4 nitrogen and oxygen atoms in total. The molecule has 0 bridgehead atoms. The van der Waals surface area contributed by atoms with E-state index in [1.165, 1.54) is 0 Å². The number of hydrogen-bond donors (Lipinski definition) is 1. The highest BCUT2D eigenvalue weighted by Crippen LogP contribution is 2.15. The van der Waals surface area contributed by atoms with Crippen LogP contribution in [0.4, 0.5) is 0 Å². The minimum atomic E-state index is -0.197. The van der Waals surface area contributed by atoms with Gasteiger partial charge in [-0.25, -0.2) is 0 Å². The van der Waals surface area contributed by atoms with E-state index in [1.54, 1.807) is 0 Å². The predicted molar refractivity (Wildman–Crippen MR) is 77.5 cm³/mol. The highest BCUT2D eigenvalue weighted by Gasteiger charge is 2.19. The van der Waals surface area contributed by atoms with Gasteiger partial charge in [-0.15, -0.1) is 0 Å². The average Bonchev–Trinajstić information content (AvgIpc) is 2.33. The maximum Gasteiger partial charge on any atom is 0.0707 e. The highest BCUT2D eigenvalue weighted by molar-refractivity contribution is 4.68. The molecular weight excluding hydrogens is 244 g/mol. The van der Waals surface area contributed by atoms with Gasteiger partial charge < -0.3 is 19.3 Å². The molecule has 0 amide bonds. The lowest BCUT2D eigenvalue weighted by molar-refractivity contribution is -0.0761. The Bertz CT molecular complexity index is 204. The quantitative estimate of drug-likeness (QED) is 0.557. The van der Waals surface area contributed by atoms with Gasteiger partial charge in [0.2, 0.25) is 0 Å². The molecule has 0 aliphatic rings. The fourth-order valence-corrected chi connectivity index (χ4v) is 1.69. The van der Waals surface area contributed by atoms with Gasteiger partial charge in [-0.1, -0.05) is 6.92 Å². The summed E-state index contributed by atoms with van der Waals surface area (Å²) in [5.74, 6) is 0. The van der Waals surface area contributed by atoms with Crippen molar-refractivity contribution in [2.24, 2.45) is 0 Å². The zero-order chi connectivity index (χ0) is 14.7. The molecule has 0 aliphatic heterocycles. The molecule has 0 aromatic rings. The van der Waals surface area contributed by atoms with E-state index in [9.17, 15) is 0 Å². The van der Waals surface area contributed by atoms with E-state index in [4.69, 9.17) is 19.3 Å². The van der Waals surface area contributed by atoms with Crippen molar-refractivity contribution in [3.05, 3.63) is 0 Å². The van der Waals surface area contributed by atoms with Crippen LogP contribution in [-0.2, 0) is 14.2 Å². The molecular formula is C15H32O4. The Morgan fingerprint density at radius 2 is 1.74 bits per heavy atom. The first-order valence-electron chi connectivity index (χ1n) is 7.39. The van der Waals surface area contributed by atoms with Gasteiger partial charge in [-0.2, -0.15) is 0 Å². The van der Waals surface area contributed by atoms with Crippen molar-refractivity contribution in [2.75, 3.05) is 26.4 Å². The van der Waals surface area contributed by atoms with Crippen molar-refractivity contribution in [1.82, 2.24) is 0 Å². The van der Waals surface area contributed by atoms with Crippen molar-refractivity contribution < 1.29 is 19.3 Å². The number of hydrogen-bond acceptors (Lipinski definition) is 4. The summed E-state index contributed by atoms with van der Waals surface area (Å²) in [5, 5.41) is 8.90. The molecule has 1 N–H and O–H groups in total. The van der Waals surface area contributed by atoms with Crippen LogP contribution >= 0.6 is 0 Å². The zero-order valence-electron chi connectivity index (χ0n) is 13.3. The molecule has 0 aromatic carbocycles. The van der Waals surface area contributed by atoms with Gasteiger partial charge in [-0.3, -0.25) is 0 Å². The van der Waals surface area contributed by atoms with Crippen LogP contribution in [0.2, 0.25) is 0 Å². The van der Waals surface area contributed by atoms with Crippen LogP contribution in [0.25, 0.3) is 0 Å². The Balaban J connectivity index is 3.71. The number of rotatable bonds is 12. The minimum absolute atomic E-state index is 0.157. The van der Waals surface area contributed by atoms with Crippen LogP contribution in [0, 0.1) is 0 Å². The molecule has 0 radical (unpaired) electrons. The summed E-state index contributed by atoms with van der Waals surface area (Å²) in [6.45, 7) is 12.3. The Hall–Kier alpha value is -0.160. The molecule has 19 heavy (non-hydrogen) atoms. The SMILES string of the molecule is CCC(CCO)OCCC(C)(C)OCCOC(C)C. The van der Waals surface area contributed by atoms with Gasteiger partial charge in [0, 0.05) is 13.2 Å². The largest absolute Gasteiger partial charge is 0.396 e. The summed E-state index contributed by atoms with van der Waals surface area (Å²) < 4.78 is 17.0. The van der Waals surface area contributed by atoms with E-state index in [0.29, 0.717) is 26.2 Å². The maximum absolute atomic E-state index is 8.90. The van der Waals surface area contributed by atoms with Gasteiger partial charge in [0.25, 0.3) is 0 Å². The number of aliphatic hydroxyl groups excluding tert-OH is 1. The normalized spacial score (nSPS) is 14.1. The van der Waals surface area contributed by atoms with Gasteiger partial charge in [0.1, 0.15) is 0 Å². The fourth-order valence-electron chi connectivity index (χ4n) is 1.69. The maximum atomic E-state index is 8.90. The molecule has 0 fully saturated rings. The van der Waals surface area contributed by atoms with Crippen LogP contribution in [0.1, 0.15) is 53.9 Å². The lowest BCUT2D eigenvalue weighted by Crippen LogP contribution is -2.29. The van der Waals surface area contributed by atoms with E-state index < -0.39 is 0 Å². The monoisotopic (exact) mass is 276 g/mol. The van der Waals surface area contributed by atoms with Gasteiger partial charge in [0.05, 0.1) is 31.0 Å². The molecule has 0 rings (SSSR count). The molecule has 0 saturated heterocycles. The Morgan fingerprint density at radius 3 is 2.26 bits per heavy atom. The predicted octanol–water partition coefficient (Wildman–Crippen LogP) is 2.77. The fraction of sp³-hybridized carbons (Fsp3) is 1.00. The molecule has 0 spiro atoms. The molecule has 0 aliphatic carbocycles. The van der Waals surface area contributed by atoms with Crippen LogP contribution < -0.4 is 0 Å². The summed E-state index contributed by atoms with van der Waals surface area (Å²) in [5.41, 5.74) is -0.197. The van der Waals surface area contributed by atoms with Gasteiger partial charge >= 0.3 is 0 Å². The first kappa shape index (κ1) is 18.8. The van der Waals surface area contributed by atoms with Crippen LogP contribution in [-0.4, -0.2) is 49.3 Å². The first-order valence-corrected chi connectivity index (χ1v) is 7.39. The van der Waals surface area contributed by atoms with Gasteiger partial charge in [-0.05, 0) is 47.0 Å². The summed E-state index contributed by atoms with van der Waals surface area (Å²) in [7, 11) is 0. The molecule has 0 aromatic heterocycles. The van der Waals surface area contributed by atoms with Crippen LogP contribution in [0.3, 0.4) is 0 Å². The second-order valence-corrected chi connectivity index (χ2v) is 5.69. The van der Waals surface area contributed by atoms with Crippen LogP contribution in [0.5, 0.6) is 0 Å². The third kappa shape index (κ3) is 11.4. The topological polar surface area (TPSA) is 47.9 Å². The second-order valence-electron chi connectivity index (χ2n) is 5.69. The molecule has 4 heteroatoms. The molecule has 1 unspecified atom stereocenters. The van der Waals surface area contributed by atoms with Crippen molar-refractivity contribution in [1.29, 1.82) is 0 Å². The number of ether oxygens (including phenoxy) is 3. The summed E-state index contributed by atoms with van der Waals surface area (Å²) >= 11 is 0. The molecule has 0 heterocycles. The molecule has 1 atom stereocenters. The Morgan fingerprint density at radius 1 is 1.05 bits per heavy atom. The zero-order valence-corrected chi connectivity index (χ0v) is 13.3. The third-order valence-corrected chi connectivity index (χ3v) is 2.99. The van der Waals surface area contributed by atoms with Gasteiger partial charge in [0.15, 0.2) is 0 Å². The van der Waals surface area contributed by atoms with E-state index in [2.05, 4.69) is 20.8 Å². The summed E-state index contributed by atoms with van der Waals surface area (Å²) in [6.07, 6.45) is 2.89. The number of aliphatic hydroxyl groups is 1. The van der Waals surface area contributed by atoms with Crippen molar-refractivity contribution in [3.8, 4) is 0 Å². The van der Waals surface area contributed by atoms with E-state index in [-0.39, 0.29) is 24.4 Å². The molecule has 0 saturated carbocycles. The summed E-state index contributed by atoms with van der Waals surface area (Å²) in [4.78, 5) is 0. The summed E-state index contributed by atoms with van der Waals surface area (Å²) in [6, 6.07) is 0. The van der Waals surface area contributed by atoms with Crippen molar-refractivity contribution in [3.63, 3.8) is 0 Å². The average molecular weight is 276 g/mol.